The topological polar surface area (TPSA) is 65.3 Å². The number of nitrogens with zero attached hydrogens (tertiary/aromatic N) is 2. The molecule has 1 aromatic rings. The summed E-state index contributed by atoms with van der Waals surface area (Å²) in [7, 11) is 0. The van der Waals surface area contributed by atoms with E-state index in [9.17, 15) is 10.1 Å². The van der Waals surface area contributed by atoms with Crippen molar-refractivity contribution in [1.82, 2.24) is 4.98 Å². The molecule has 2 rings (SSSR count). The van der Waals surface area contributed by atoms with E-state index in [2.05, 4.69) is 4.98 Å². The largest absolute Gasteiger partial charge is 0.488 e. The fraction of sp³-hybridized carbons (Fsp3) is 0.375. The summed E-state index contributed by atoms with van der Waals surface area (Å²) >= 11 is 5.75. The Hall–Kier alpha value is -1.36. The van der Waals surface area contributed by atoms with Crippen LogP contribution in [0.2, 0.25) is 5.02 Å². The molecule has 1 saturated carbocycles. The first-order valence-electron chi connectivity index (χ1n) is 4.14. The second-order valence-electron chi connectivity index (χ2n) is 3.02. The van der Waals surface area contributed by atoms with Gasteiger partial charge in [-0.3, -0.25) is 0 Å². The molecule has 0 saturated heterocycles. The van der Waals surface area contributed by atoms with Crippen LogP contribution in [0.15, 0.2) is 12.3 Å². The molecule has 0 N–H and O–H groups in total. The second kappa shape index (κ2) is 3.42. The van der Waals surface area contributed by atoms with Gasteiger partial charge in [-0.25, -0.2) is 0 Å². The van der Waals surface area contributed by atoms with Crippen molar-refractivity contribution in [2.24, 2.45) is 0 Å². The summed E-state index contributed by atoms with van der Waals surface area (Å²) in [4.78, 5) is 13.4. The monoisotopic (exact) mass is 214 g/mol. The molecule has 0 amide bonds. The van der Waals surface area contributed by atoms with Gasteiger partial charge in [0, 0.05) is 6.07 Å². The van der Waals surface area contributed by atoms with Crippen LogP contribution in [0.5, 0.6) is 5.75 Å². The van der Waals surface area contributed by atoms with Crippen LogP contribution in [0.1, 0.15) is 12.8 Å². The van der Waals surface area contributed by atoms with E-state index in [4.69, 9.17) is 16.3 Å². The first-order valence-corrected chi connectivity index (χ1v) is 4.52. The molecule has 1 aliphatic rings. The Kier molecular flexibility index (Phi) is 2.25. The predicted octanol–water partition coefficient (Wildman–Crippen LogP) is 2.18. The quantitative estimate of drug-likeness (QED) is 0.571. The third kappa shape index (κ3) is 1.77. The summed E-state index contributed by atoms with van der Waals surface area (Å²) in [5, 5.41) is 10.5. The van der Waals surface area contributed by atoms with Gasteiger partial charge in [0.15, 0.2) is 10.8 Å². The lowest BCUT2D eigenvalue weighted by molar-refractivity contribution is -0.389. The molecule has 0 atom stereocenters. The van der Waals surface area contributed by atoms with E-state index in [1.807, 2.05) is 0 Å². The van der Waals surface area contributed by atoms with Gasteiger partial charge in [0.2, 0.25) is 0 Å². The van der Waals surface area contributed by atoms with Gasteiger partial charge in [-0.15, -0.1) is 0 Å². The van der Waals surface area contributed by atoms with Crippen LogP contribution < -0.4 is 4.74 Å². The molecule has 1 aromatic heterocycles. The number of pyridine rings is 1. The number of nitro groups is 1. The van der Waals surface area contributed by atoms with Gasteiger partial charge in [-0.1, -0.05) is 11.6 Å². The highest BCUT2D eigenvalue weighted by Gasteiger charge is 2.27. The van der Waals surface area contributed by atoms with Crippen LogP contribution >= 0.6 is 11.6 Å². The van der Waals surface area contributed by atoms with Crippen LogP contribution in [0.3, 0.4) is 0 Å². The molecule has 5 nitrogen and oxygen atoms in total. The second-order valence-corrected chi connectivity index (χ2v) is 3.40. The molecule has 0 spiro atoms. The van der Waals surface area contributed by atoms with E-state index in [1.54, 1.807) is 0 Å². The maximum Gasteiger partial charge on any atom is 0.386 e. The van der Waals surface area contributed by atoms with Crippen LogP contribution in [0.25, 0.3) is 0 Å². The van der Waals surface area contributed by atoms with E-state index < -0.39 is 4.92 Å². The molecule has 0 bridgehead atoms. The van der Waals surface area contributed by atoms with Gasteiger partial charge in [0.05, 0.1) is 6.10 Å². The number of rotatable bonds is 3. The number of ether oxygens (including phenoxy) is 1. The standard InChI is InChI=1S/C8H7ClN2O3/c9-7-6(14-5-1-2-5)3-4-10-8(7)11(12)13/h3-5H,1-2H2. The summed E-state index contributed by atoms with van der Waals surface area (Å²) in [6.07, 6.45) is 3.44. The molecule has 1 heterocycles. The van der Waals surface area contributed by atoms with Crippen molar-refractivity contribution in [3.8, 4) is 5.75 Å². The normalized spacial score (nSPS) is 15.2. The minimum absolute atomic E-state index is 0.0237. The van der Waals surface area contributed by atoms with Crippen molar-refractivity contribution in [1.29, 1.82) is 0 Å². The van der Waals surface area contributed by atoms with E-state index in [0.717, 1.165) is 12.8 Å². The summed E-state index contributed by atoms with van der Waals surface area (Å²) in [5.74, 6) is -0.0133. The van der Waals surface area contributed by atoms with Crippen LogP contribution in [0, 0.1) is 10.1 Å². The van der Waals surface area contributed by atoms with E-state index in [-0.39, 0.29) is 16.9 Å². The highest BCUT2D eigenvalue weighted by atomic mass is 35.5. The van der Waals surface area contributed by atoms with E-state index in [0.29, 0.717) is 5.75 Å². The lowest BCUT2D eigenvalue weighted by Gasteiger charge is -2.04. The average molecular weight is 215 g/mol. The van der Waals surface area contributed by atoms with Crippen molar-refractivity contribution < 1.29 is 9.66 Å². The van der Waals surface area contributed by atoms with Gasteiger partial charge in [0.25, 0.3) is 0 Å². The van der Waals surface area contributed by atoms with Crippen molar-refractivity contribution >= 4 is 17.4 Å². The molecule has 0 radical (unpaired) electrons. The first kappa shape index (κ1) is 9.21. The molecule has 1 aliphatic carbocycles. The van der Waals surface area contributed by atoms with Crippen molar-refractivity contribution in [3.05, 3.63) is 27.4 Å². The Balaban J connectivity index is 2.30. The molecular formula is C8H7ClN2O3. The fourth-order valence-electron chi connectivity index (χ4n) is 0.999. The van der Waals surface area contributed by atoms with Gasteiger partial charge in [0.1, 0.15) is 6.20 Å². The Labute approximate surface area is 84.8 Å². The van der Waals surface area contributed by atoms with Crippen molar-refractivity contribution in [3.63, 3.8) is 0 Å². The lowest BCUT2D eigenvalue weighted by Crippen LogP contribution is -1.99. The molecule has 0 unspecified atom stereocenters. The Morgan fingerprint density at radius 2 is 2.36 bits per heavy atom. The zero-order chi connectivity index (χ0) is 10.1. The zero-order valence-corrected chi connectivity index (χ0v) is 7.90. The van der Waals surface area contributed by atoms with Crippen LogP contribution in [-0.4, -0.2) is 16.0 Å². The molecule has 0 aromatic carbocycles. The maximum atomic E-state index is 10.5. The molecule has 14 heavy (non-hydrogen) atoms. The van der Waals surface area contributed by atoms with Crippen molar-refractivity contribution in [2.45, 2.75) is 18.9 Å². The summed E-state index contributed by atoms with van der Waals surface area (Å²) in [6, 6.07) is 1.54. The van der Waals surface area contributed by atoms with E-state index >= 15 is 0 Å². The SMILES string of the molecule is O=[N+]([O-])c1nccc(OC2CC2)c1Cl. The third-order valence-electron chi connectivity index (χ3n) is 1.83. The number of aromatic nitrogens is 1. The molecule has 1 fully saturated rings. The smallest absolute Gasteiger partial charge is 0.386 e. The van der Waals surface area contributed by atoms with Gasteiger partial charge >= 0.3 is 5.82 Å². The van der Waals surface area contributed by atoms with Gasteiger partial charge in [-0.2, -0.15) is 0 Å². The summed E-state index contributed by atoms with van der Waals surface area (Å²) in [5.41, 5.74) is 0. The molecule has 0 aliphatic heterocycles. The van der Waals surface area contributed by atoms with Crippen LogP contribution in [0.4, 0.5) is 5.82 Å². The van der Waals surface area contributed by atoms with E-state index in [1.165, 1.54) is 12.3 Å². The number of halogens is 1. The Bertz CT molecular complexity index is 379. The molecular weight excluding hydrogens is 208 g/mol. The Morgan fingerprint density at radius 3 is 2.93 bits per heavy atom. The highest BCUT2D eigenvalue weighted by molar-refractivity contribution is 6.33. The summed E-state index contributed by atoms with van der Waals surface area (Å²) < 4.78 is 5.37. The summed E-state index contributed by atoms with van der Waals surface area (Å²) in [6.45, 7) is 0. The minimum Gasteiger partial charge on any atom is -0.488 e. The zero-order valence-electron chi connectivity index (χ0n) is 7.14. The predicted molar refractivity (Wildman–Crippen MR) is 49.6 cm³/mol. The van der Waals surface area contributed by atoms with Crippen LogP contribution in [-0.2, 0) is 0 Å². The van der Waals surface area contributed by atoms with Gasteiger partial charge in [-0.05, 0) is 22.7 Å². The molecule has 6 heteroatoms. The maximum absolute atomic E-state index is 10.5. The lowest BCUT2D eigenvalue weighted by atomic mass is 10.4. The number of hydrogen-bond acceptors (Lipinski definition) is 4. The highest BCUT2D eigenvalue weighted by Crippen LogP contribution is 2.35. The first-order chi connectivity index (χ1) is 6.68. The number of hydrogen-bond donors (Lipinski definition) is 0. The third-order valence-corrected chi connectivity index (χ3v) is 2.18. The van der Waals surface area contributed by atoms with Crippen molar-refractivity contribution in [2.75, 3.05) is 0 Å². The van der Waals surface area contributed by atoms with Gasteiger partial charge < -0.3 is 14.9 Å². The minimum atomic E-state index is -0.623. The average Bonchev–Trinajstić information content (AvgIpc) is 2.92. The Morgan fingerprint density at radius 1 is 1.64 bits per heavy atom. The fourth-order valence-corrected chi connectivity index (χ4v) is 1.22. The molecule has 74 valence electrons.